The van der Waals surface area contributed by atoms with E-state index in [4.69, 9.17) is 0 Å². The first-order chi connectivity index (χ1) is 9.11. The SMILES string of the molecule is FC(F)n1nc(I)c(Cc2cnn(CC3CC3)c2)n1. The first kappa shape index (κ1) is 12.9. The van der Waals surface area contributed by atoms with Crippen LogP contribution in [-0.2, 0) is 13.0 Å². The summed E-state index contributed by atoms with van der Waals surface area (Å²) in [6, 6.07) is 0. The van der Waals surface area contributed by atoms with Crippen molar-refractivity contribution in [3.63, 3.8) is 0 Å². The molecule has 1 saturated carbocycles. The molecule has 5 nitrogen and oxygen atoms in total. The van der Waals surface area contributed by atoms with Gasteiger partial charge < -0.3 is 0 Å². The second-order valence-corrected chi connectivity index (χ2v) is 5.75. The number of hydrogen-bond donors (Lipinski definition) is 0. The van der Waals surface area contributed by atoms with E-state index in [9.17, 15) is 8.78 Å². The van der Waals surface area contributed by atoms with Gasteiger partial charge >= 0.3 is 6.55 Å². The fourth-order valence-corrected chi connectivity index (χ4v) is 2.41. The molecule has 0 aromatic carbocycles. The van der Waals surface area contributed by atoms with Crippen LogP contribution in [0.3, 0.4) is 0 Å². The van der Waals surface area contributed by atoms with Crippen LogP contribution in [0.15, 0.2) is 12.4 Å². The molecule has 0 atom stereocenters. The molecule has 19 heavy (non-hydrogen) atoms. The van der Waals surface area contributed by atoms with Crippen LogP contribution >= 0.6 is 22.6 Å². The van der Waals surface area contributed by atoms with Crippen molar-refractivity contribution in [2.45, 2.75) is 32.4 Å². The molecular weight excluding hydrogens is 367 g/mol. The lowest BCUT2D eigenvalue weighted by Gasteiger charge is -1.97. The van der Waals surface area contributed by atoms with Gasteiger partial charge in [0.25, 0.3) is 0 Å². The summed E-state index contributed by atoms with van der Waals surface area (Å²) in [5.74, 6) is 0.757. The lowest BCUT2D eigenvalue weighted by Crippen LogP contribution is -2.02. The van der Waals surface area contributed by atoms with Crippen molar-refractivity contribution < 1.29 is 8.78 Å². The summed E-state index contributed by atoms with van der Waals surface area (Å²) in [7, 11) is 0. The van der Waals surface area contributed by atoms with Gasteiger partial charge in [-0.2, -0.15) is 19.0 Å². The zero-order valence-electron chi connectivity index (χ0n) is 10.0. The molecule has 102 valence electrons. The Kier molecular flexibility index (Phi) is 3.50. The number of nitrogens with zero attached hydrogens (tertiary/aromatic N) is 5. The molecule has 0 aliphatic heterocycles. The van der Waals surface area contributed by atoms with Gasteiger partial charge in [-0.25, -0.2) is 0 Å². The normalized spacial score (nSPS) is 15.4. The van der Waals surface area contributed by atoms with Crippen LogP contribution in [0.5, 0.6) is 0 Å². The van der Waals surface area contributed by atoms with Crippen LogP contribution in [0.25, 0.3) is 0 Å². The Labute approximate surface area is 122 Å². The van der Waals surface area contributed by atoms with Crippen LogP contribution < -0.4 is 0 Å². The highest BCUT2D eigenvalue weighted by Gasteiger charge is 2.22. The summed E-state index contributed by atoms with van der Waals surface area (Å²) in [6.45, 7) is -1.75. The molecule has 0 bridgehead atoms. The van der Waals surface area contributed by atoms with E-state index in [1.165, 1.54) is 12.8 Å². The predicted octanol–water partition coefficient (Wildman–Crippen LogP) is 2.48. The third-order valence-electron chi connectivity index (χ3n) is 3.03. The van der Waals surface area contributed by atoms with Gasteiger partial charge in [0, 0.05) is 19.2 Å². The summed E-state index contributed by atoms with van der Waals surface area (Å²) in [5.41, 5.74) is 1.53. The molecule has 0 N–H and O–H groups in total. The molecule has 0 radical (unpaired) electrons. The number of aromatic nitrogens is 5. The zero-order chi connectivity index (χ0) is 13.4. The third-order valence-corrected chi connectivity index (χ3v) is 3.86. The molecule has 8 heteroatoms. The van der Waals surface area contributed by atoms with Crippen LogP contribution in [0.2, 0.25) is 0 Å². The van der Waals surface area contributed by atoms with E-state index in [1.807, 2.05) is 33.5 Å². The Morgan fingerprint density at radius 2 is 2.16 bits per heavy atom. The van der Waals surface area contributed by atoms with Crippen molar-refractivity contribution in [3.8, 4) is 0 Å². The second kappa shape index (κ2) is 5.14. The minimum absolute atomic E-state index is 0.450. The minimum atomic E-state index is -2.69. The van der Waals surface area contributed by atoms with Gasteiger partial charge in [0.1, 0.15) is 9.39 Å². The number of alkyl halides is 2. The number of rotatable bonds is 5. The summed E-state index contributed by atoms with van der Waals surface area (Å²) >= 11 is 1.92. The first-order valence-corrected chi connectivity index (χ1v) is 7.10. The van der Waals surface area contributed by atoms with Gasteiger partial charge in [-0.15, -0.1) is 9.90 Å². The van der Waals surface area contributed by atoms with E-state index in [1.54, 1.807) is 6.20 Å². The highest BCUT2D eigenvalue weighted by atomic mass is 127. The monoisotopic (exact) mass is 379 g/mol. The highest BCUT2D eigenvalue weighted by Crippen LogP contribution is 2.30. The molecule has 1 aliphatic carbocycles. The van der Waals surface area contributed by atoms with E-state index < -0.39 is 6.55 Å². The number of halogens is 3. The third kappa shape index (κ3) is 3.10. The minimum Gasteiger partial charge on any atom is -0.272 e. The zero-order valence-corrected chi connectivity index (χ0v) is 12.2. The van der Waals surface area contributed by atoms with Crippen molar-refractivity contribution in [2.24, 2.45) is 5.92 Å². The van der Waals surface area contributed by atoms with Gasteiger partial charge in [-0.1, -0.05) is 0 Å². The largest absolute Gasteiger partial charge is 0.348 e. The van der Waals surface area contributed by atoms with E-state index in [2.05, 4.69) is 15.3 Å². The topological polar surface area (TPSA) is 48.5 Å². The number of hydrogen-bond acceptors (Lipinski definition) is 3. The second-order valence-electron chi connectivity index (χ2n) is 4.73. The smallest absolute Gasteiger partial charge is 0.272 e. The lowest BCUT2D eigenvalue weighted by atomic mass is 10.2. The molecule has 3 rings (SSSR count). The van der Waals surface area contributed by atoms with E-state index in [0.29, 0.717) is 20.6 Å². The average molecular weight is 379 g/mol. The summed E-state index contributed by atoms with van der Waals surface area (Å²) in [4.78, 5) is 0.450. The molecule has 0 saturated heterocycles. The summed E-state index contributed by atoms with van der Waals surface area (Å²) in [5, 5.41) is 11.8. The molecule has 0 amide bonds. The van der Waals surface area contributed by atoms with Gasteiger partial charge in [0.2, 0.25) is 0 Å². The molecule has 2 aromatic rings. The highest BCUT2D eigenvalue weighted by molar-refractivity contribution is 14.1. The predicted molar refractivity (Wildman–Crippen MR) is 71.7 cm³/mol. The van der Waals surface area contributed by atoms with E-state index in [0.717, 1.165) is 18.0 Å². The Morgan fingerprint density at radius 1 is 1.37 bits per heavy atom. The van der Waals surface area contributed by atoms with Crippen LogP contribution in [0.1, 0.15) is 30.6 Å². The Balaban J connectivity index is 1.71. The molecule has 2 aromatic heterocycles. The van der Waals surface area contributed by atoms with Crippen molar-refractivity contribution in [1.29, 1.82) is 0 Å². The van der Waals surface area contributed by atoms with Crippen LogP contribution in [0.4, 0.5) is 8.78 Å². The summed E-state index contributed by atoms with van der Waals surface area (Å²) in [6.07, 6.45) is 6.75. The maximum Gasteiger partial charge on any atom is 0.348 e. The van der Waals surface area contributed by atoms with Crippen LogP contribution in [-0.4, -0.2) is 24.8 Å². The van der Waals surface area contributed by atoms with Gasteiger partial charge in [-0.05, 0) is 46.9 Å². The fraction of sp³-hybridized carbons (Fsp3) is 0.545. The van der Waals surface area contributed by atoms with Crippen molar-refractivity contribution in [3.05, 3.63) is 27.4 Å². The van der Waals surface area contributed by atoms with E-state index in [-0.39, 0.29) is 0 Å². The van der Waals surface area contributed by atoms with Crippen LogP contribution in [0, 0.1) is 9.62 Å². The van der Waals surface area contributed by atoms with Crippen molar-refractivity contribution in [1.82, 2.24) is 24.8 Å². The lowest BCUT2D eigenvalue weighted by molar-refractivity contribution is 0.0407. The van der Waals surface area contributed by atoms with Gasteiger partial charge in [0.05, 0.1) is 6.20 Å². The molecule has 1 fully saturated rings. The Bertz CT molecular complexity index is 575. The maximum atomic E-state index is 12.5. The van der Waals surface area contributed by atoms with Gasteiger partial charge in [-0.3, -0.25) is 4.68 Å². The molecular formula is C11H12F2IN5. The molecule has 0 unspecified atom stereocenters. The van der Waals surface area contributed by atoms with Gasteiger partial charge in [0.15, 0.2) is 0 Å². The quantitative estimate of drug-likeness (QED) is 0.751. The molecule has 1 aliphatic rings. The first-order valence-electron chi connectivity index (χ1n) is 6.02. The fourth-order valence-electron chi connectivity index (χ4n) is 1.89. The standard InChI is InChI=1S/C11H12F2IN5/c12-11(13)19-16-9(10(14)17-19)3-8-4-15-18(6-8)5-7-1-2-7/h4,6-7,11H,1-3,5H2. The summed E-state index contributed by atoms with van der Waals surface area (Å²) < 4.78 is 27.4. The molecule has 2 heterocycles. The Hall–Kier alpha value is -1.06. The molecule has 0 spiro atoms. The van der Waals surface area contributed by atoms with Crippen molar-refractivity contribution in [2.75, 3.05) is 0 Å². The van der Waals surface area contributed by atoms with Crippen molar-refractivity contribution >= 4 is 22.6 Å². The average Bonchev–Trinajstić information content (AvgIpc) is 2.93. The van der Waals surface area contributed by atoms with E-state index >= 15 is 0 Å². The Morgan fingerprint density at radius 3 is 2.79 bits per heavy atom. The maximum absolute atomic E-state index is 12.5.